The van der Waals surface area contributed by atoms with Crippen LogP contribution >= 0.6 is 0 Å². The van der Waals surface area contributed by atoms with Crippen molar-refractivity contribution in [2.24, 2.45) is 0 Å². The molecular weight excluding hydrogens is 342 g/mol. The Bertz CT molecular complexity index is 760. The summed E-state index contributed by atoms with van der Waals surface area (Å²) in [5, 5.41) is 3.50. The maximum atomic E-state index is 11.8. The van der Waals surface area contributed by atoms with Gasteiger partial charge in [-0.3, -0.25) is 0 Å². The summed E-state index contributed by atoms with van der Waals surface area (Å²) in [4.78, 5) is 24.8. The summed E-state index contributed by atoms with van der Waals surface area (Å²) in [5.41, 5.74) is 1.95. The highest BCUT2D eigenvalue weighted by Crippen LogP contribution is 2.23. The van der Waals surface area contributed by atoms with Gasteiger partial charge in [-0.25, -0.2) is 9.78 Å². The topological polar surface area (TPSA) is 70.6 Å². The van der Waals surface area contributed by atoms with Crippen LogP contribution in [0.5, 0.6) is 0 Å². The lowest BCUT2D eigenvalue weighted by Gasteiger charge is -2.32. The van der Waals surface area contributed by atoms with Crippen LogP contribution in [-0.4, -0.2) is 53.7 Å². The Balaban J connectivity index is 1.65. The molecule has 0 atom stereocenters. The predicted octanol–water partition coefficient (Wildman–Crippen LogP) is 3.59. The van der Waals surface area contributed by atoms with E-state index in [1.54, 1.807) is 4.90 Å². The van der Waals surface area contributed by atoms with Gasteiger partial charge in [0.25, 0.3) is 0 Å². The number of nitrogens with zero attached hydrogens (tertiary/aromatic N) is 4. The van der Waals surface area contributed by atoms with Gasteiger partial charge >= 0.3 is 6.09 Å². The molecule has 1 aromatic heterocycles. The quantitative estimate of drug-likeness (QED) is 0.869. The van der Waals surface area contributed by atoms with Crippen molar-refractivity contribution in [2.45, 2.75) is 32.7 Å². The molecule has 1 fully saturated rings. The van der Waals surface area contributed by atoms with Crippen LogP contribution in [0.1, 0.15) is 25.5 Å². The highest BCUT2D eigenvalue weighted by Gasteiger charge is 2.24. The number of anilines is 3. The summed E-state index contributed by atoms with van der Waals surface area (Å²) in [5.74, 6) is 1.47. The summed E-state index contributed by atoms with van der Waals surface area (Å²) >= 11 is 0. The van der Waals surface area contributed by atoms with E-state index < -0.39 is 0 Å². The van der Waals surface area contributed by atoms with Crippen LogP contribution < -0.4 is 10.2 Å². The monoisotopic (exact) mass is 369 g/mol. The highest BCUT2D eigenvalue weighted by atomic mass is 16.6. The van der Waals surface area contributed by atoms with Crippen LogP contribution in [0.2, 0.25) is 0 Å². The van der Waals surface area contributed by atoms with Gasteiger partial charge < -0.3 is 19.9 Å². The van der Waals surface area contributed by atoms with Crippen molar-refractivity contribution in [2.75, 3.05) is 37.0 Å². The first-order chi connectivity index (χ1) is 13.1. The molecule has 144 valence electrons. The molecule has 1 aromatic carbocycles. The van der Waals surface area contributed by atoms with Crippen molar-refractivity contribution in [1.82, 2.24) is 14.9 Å². The molecule has 0 bridgehead atoms. The van der Waals surface area contributed by atoms with Crippen LogP contribution in [0.25, 0.3) is 0 Å². The van der Waals surface area contributed by atoms with Crippen molar-refractivity contribution < 1.29 is 9.53 Å². The van der Waals surface area contributed by atoms with E-state index in [0.29, 0.717) is 25.6 Å². The molecule has 7 nitrogen and oxygen atoms in total. The number of hydrogen-bond acceptors (Lipinski definition) is 6. The molecule has 7 heteroatoms. The van der Waals surface area contributed by atoms with Gasteiger partial charge in [0.05, 0.1) is 6.61 Å². The molecule has 0 spiro atoms. The average Bonchev–Trinajstić information content (AvgIpc) is 2.68. The first-order valence-electron chi connectivity index (χ1n) is 9.39. The van der Waals surface area contributed by atoms with Crippen LogP contribution in [-0.2, 0) is 4.74 Å². The summed E-state index contributed by atoms with van der Waals surface area (Å²) in [6, 6.07) is 12.3. The number of aryl methyl sites for hydroxylation is 1. The van der Waals surface area contributed by atoms with E-state index in [9.17, 15) is 4.79 Å². The number of benzene rings is 1. The number of para-hydroxylation sites is 1. The molecule has 0 radical (unpaired) electrons. The minimum absolute atomic E-state index is 0.222. The largest absolute Gasteiger partial charge is 0.450 e. The lowest BCUT2D eigenvalue weighted by molar-refractivity contribution is 0.0983. The molecular formula is C20H27N5O2. The number of likely N-dealkylation sites (tertiary alicyclic amines) is 1. The number of rotatable bonds is 5. The van der Waals surface area contributed by atoms with Crippen molar-refractivity contribution in [3.8, 4) is 0 Å². The molecule has 1 amide bonds. The summed E-state index contributed by atoms with van der Waals surface area (Å²) < 4.78 is 5.08. The summed E-state index contributed by atoms with van der Waals surface area (Å²) in [6.45, 7) is 5.59. The molecule has 1 aliphatic heterocycles. The van der Waals surface area contributed by atoms with Crippen molar-refractivity contribution in [3.05, 3.63) is 42.1 Å². The fraction of sp³-hybridized carbons (Fsp3) is 0.450. The Labute approximate surface area is 160 Å². The molecule has 1 saturated heterocycles. The third-order valence-corrected chi connectivity index (χ3v) is 4.66. The Morgan fingerprint density at radius 2 is 1.96 bits per heavy atom. The number of hydrogen-bond donors (Lipinski definition) is 1. The highest BCUT2D eigenvalue weighted by molar-refractivity contribution is 5.67. The Morgan fingerprint density at radius 3 is 2.63 bits per heavy atom. The number of carbonyl (C=O) groups excluding carboxylic acids is 1. The van der Waals surface area contributed by atoms with Crippen molar-refractivity contribution in [3.63, 3.8) is 0 Å². The van der Waals surface area contributed by atoms with Crippen molar-refractivity contribution in [1.29, 1.82) is 0 Å². The van der Waals surface area contributed by atoms with Gasteiger partial charge in [-0.15, -0.1) is 0 Å². The van der Waals surface area contributed by atoms with Crippen LogP contribution in [0.15, 0.2) is 36.4 Å². The number of ether oxygens (including phenoxy) is 1. The van der Waals surface area contributed by atoms with E-state index in [0.717, 1.165) is 30.0 Å². The third kappa shape index (κ3) is 4.87. The Hall–Kier alpha value is -2.83. The van der Waals surface area contributed by atoms with Gasteiger partial charge in [0.15, 0.2) is 0 Å². The van der Waals surface area contributed by atoms with E-state index in [1.807, 2.05) is 62.2 Å². The lowest BCUT2D eigenvalue weighted by atomic mass is 10.1. The van der Waals surface area contributed by atoms with E-state index >= 15 is 0 Å². The Kier molecular flexibility index (Phi) is 6.11. The van der Waals surface area contributed by atoms with Crippen LogP contribution in [0.4, 0.5) is 22.2 Å². The van der Waals surface area contributed by atoms with Gasteiger partial charge in [-0.1, -0.05) is 18.2 Å². The minimum Gasteiger partial charge on any atom is -0.450 e. The average molecular weight is 369 g/mol. The number of amides is 1. The number of aromatic nitrogens is 2. The van der Waals surface area contributed by atoms with E-state index in [1.165, 1.54) is 0 Å². The minimum atomic E-state index is -0.222. The smallest absolute Gasteiger partial charge is 0.409 e. The first kappa shape index (κ1) is 18.9. The van der Waals surface area contributed by atoms with E-state index in [-0.39, 0.29) is 12.1 Å². The van der Waals surface area contributed by atoms with E-state index in [2.05, 4.69) is 15.3 Å². The zero-order valence-electron chi connectivity index (χ0n) is 16.2. The molecule has 0 aliphatic carbocycles. The maximum Gasteiger partial charge on any atom is 0.409 e. The fourth-order valence-electron chi connectivity index (χ4n) is 3.17. The number of carbonyl (C=O) groups is 1. The molecule has 2 heterocycles. The number of piperidine rings is 1. The Morgan fingerprint density at radius 1 is 1.26 bits per heavy atom. The molecule has 3 rings (SSSR count). The van der Waals surface area contributed by atoms with Gasteiger partial charge in [0.2, 0.25) is 5.95 Å². The van der Waals surface area contributed by atoms with Gasteiger partial charge in [-0.2, -0.15) is 4.98 Å². The molecule has 0 saturated carbocycles. The van der Waals surface area contributed by atoms with Crippen molar-refractivity contribution >= 4 is 23.5 Å². The normalized spacial score (nSPS) is 14.7. The molecule has 1 N–H and O–H groups in total. The second kappa shape index (κ2) is 8.70. The zero-order valence-corrected chi connectivity index (χ0v) is 16.2. The summed E-state index contributed by atoms with van der Waals surface area (Å²) in [7, 11) is 1.96. The molecule has 0 unspecified atom stereocenters. The van der Waals surface area contributed by atoms with Gasteiger partial charge in [-0.05, 0) is 38.8 Å². The zero-order chi connectivity index (χ0) is 19.2. The van der Waals surface area contributed by atoms with Gasteiger partial charge in [0.1, 0.15) is 5.82 Å². The third-order valence-electron chi connectivity index (χ3n) is 4.66. The standard InChI is InChI=1S/C20H27N5O2/c1-4-27-20(26)25-12-10-16(11-13-25)22-18-14-15(2)21-19(23-18)24(3)17-8-6-5-7-9-17/h5-9,14,16H,4,10-13H2,1-3H3,(H,21,22,23). The molecule has 2 aromatic rings. The van der Waals surface area contributed by atoms with E-state index in [4.69, 9.17) is 4.74 Å². The SMILES string of the molecule is CCOC(=O)N1CCC(Nc2cc(C)nc(N(C)c3ccccc3)n2)CC1. The summed E-state index contributed by atoms with van der Waals surface area (Å²) in [6.07, 6.45) is 1.51. The maximum absolute atomic E-state index is 11.8. The predicted molar refractivity (Wildman–Crippen MR) is 107 cm³/mol. The lowest BCUT2D eigenvalue weighted by Crippen LogP contribution is -2.42. The second-order valence-corrected chi connectivity index (χ2v) is 6.69. The molecule has 1 aliphatic rings. The first-order valence-corrected chi connectivity index (χ1v) is 9.39. The fourth-order valence-corrected chi connectivity index (χ4v) is 3.17. The molecule has 27 heavy (non-hydrogen) atoms. The van der Waals surface area contributed by atoms with Gasteiger partial charge in [0, 0.05) is 43.6 Å². The second-order valence-electron chi connectivity index (χ2n) is 6.69. The van der Waals surface area contributed by atoms with Crippen LogP contribution in [0, 0.1) is 6.92 Å². The van der Waals surface area contributed by atoms with Crippen LogP contribution in [0.3, 0.4) is 0 Å². The number of nitrogens with one attached hydrogen (secondary N) is 1.